The van der Waals surface area contributed by atoms with E-state index in [9.17, 15) is 14.0 Å². The number of likely N-dealkylation sites (N-methyl/N-ethyl adjacent to an activating group) is 1. The summed E-state index contributed by atoms with van der Waals surface area (Å²) in [6.07, 6.45) is 5.14. The molecule has 0 radical (unpaired) electrons. The Labute approximate surface area is 170 Å². The van der Waals surface area contributed by atoms with Crippen LogP contribution in [-0.2, 0) is 4.79 Å². The summed E-state index contributed by atoms with van der Waals surface area (Å²) in [5.74, 6) is -0.135. The minimum absolute atomic E-state index is 0.243. The normalized spacial score (nSPS) is 23.4. The number of amides is 3. The highest BCUT2D eigenvalue weighted by Crippen LogP contribution is 2.37. The second-order valence-corrected chi connectivity index (χ2v) is 7.70. The van der Waals surface area contributed by atoms with Gasteiger partial charge in [0.05, 0.1) is 5.69 Å². The molecule has 3 heterocycles. The number of anilines is 1. The summed E-state index contributed by atoms with van der Waals surface area (Å²) in [5, 5.41) is 0. The first-order chi connectivity index (χ1) is 14.0. The molecule has 154 valence electrons. The van der Waals surface area contributed by atoms with Crippen LogP contribution in [0.1, 0.15) is 39.5 Å². The third-order valence-corrected chi connectivity index (χ3v) is 5.72. The average Bonchev–Trinajstić information content (AvgIpc) is 3.21. The highest BCUT2D eigenvalue weighted by atomic mass is 19.1. The molecule has 2 atom stereocenters. The molecule has 1 aromatic rings. The number of carbonyl (C=O) groups excluding carboxylic acids is 2. The molecule has 0 aromatic heterocycles. The lowest BCUT2D eigenvalue weighted by molar-refractivity contribution is -0.136. The summed E-state index contributed by atoms with van der Waals surface area (Å²) in [6.45, 7) is 4.39. The number of guanidine groups is 1. The van der Waals surface area contributed by atoms with Crippen molar-refractivity contribution in [3.63, 3.8) is 0 Å². The Morgan fingerprint density at radius 1 is 1.14 bits per heavy atom. The van der Waals surface area contributed by atoms with Gasteiger partial charge in [-0.25, -0.2) is 14.2 Å². The second-order valence-electron chi connectivity index (χ2n) is 7.70. The van der Waals surface area contributed by atoms with E-state index < -0.39 is 12.2 Å². The molecule has 3 aliphatic heterocycles. The molecule has 4 rings (SSSR count). The first-order valence-corrected chi connectivity index (χ1v) is 10.1. The maximum absolute atomic E-state index is 14.4. The van der Waals surface area contributed by atoms with Crippen LogP contribution in [0.15, 0.2) is 41.2 Å². The molecule has 7 nitrogen and oxygen atoms in total. The molecule has 3 aliphatic rings. The molecule has 0 aliphatic carbocycles. The minimum atomic E-state index is -0.620. The lowest BCUT2D eigenvalue weighted by atomic mass is 10.1. The third-order valence-electron chi connectivity index (χ3n) is 5.72. The molecule has 3 amide bonds. The van der Waals surface area contributed by atoms with Crippen molar-refractivity contribution in [1.29, 1.82) is 0 Å². The zero-order valence-electron chi connectivity index (χ0n) is 17.0. The van der Waals surface area contributed by atoms with E-state index in [0.717, 1.165) is 31.4 Å². The predicted molar refractivity (Wildman–Crippen MR) is 109 cm³/mol. The van der Waals surface area contributed by atoms with Crippen molar-refractivity contribution in [3.8, 4) is 0 Å². The fourth-order valence-corrected chi connectivity index (χ4v) is 4.19. The van der Waals surface area contributed by atoms with Crippen LogP contribution < -0.4 is 4.90 Å². The molecule has 1 fully saturated rings. The highest BCUT2D eigenvalue weighted by Gasteiger charge is 2.54. The van der Waals surface area contributed by atoms with Gasteiger partial charge in [-0.3, -0.25) is 14.6 Å². The Balaban J connectivity index is 1.62. The number of rotatable bonds is 6. The van der Waals surface area contributed by atoms with Crippen molar-refractivity contribution in [3.05, 3.63) is 42.0 Å². The lowest BCUT2D eigenvalue weighted by Crippen LogP contribution is -2.64. The Kier molecular flexibility index (Phi) is 5.02. The lowest BCUT2D eigenvalue weighted by Gasteiger charge is -2.40. The van der Waals surface area contributed by atoms with Gasteiger partial charge in [0.15, 0.2) is 12.2 Å². The van der Waals surface area contributed by atoms with E-state index in [1.54, 1.807) is 35.0 Å². The number of aliphatic imine (C=N–C) groups is 1. The van der Waals surface area contributed by atoms with E-state index in [1.165, 1.54) is 15.9 Å². The van der Waals surface area contributed by atoms with Crippen molar-refractivity contribution in [2.75, 3.05) is 18.5 Å². The number of para-hydroxylation sites is 1. The third kappa shape index (κ3) is 3.07. The number of urea groups is 1. The second kappa shape index (κ2) is 7.50. The van der Waals surface area contributed by atoms with Crippen molar-refractivity contribution >= 4 is 23.6 Å². The summed E-state index contributed by atoms with van der Waals surface area (Å²) < 4.78 is 14.4. The highest BCUT2D eigenvalue weighted by molar-refractivity contribution is 6.09. The predicted octanol–water partition coefficient (Wildman–Crippen LogP) is 3.35. The van der Waals surface area contributed by atoms with Crippen molar-refractivity contribution in [1.82, 2.24) is 14.7 Å². The zero-order chi connectivity index (χ0) is 20.7. The van der Waals surface area contributed by atoms with E-state index in [2.05, 4.69) is 11.9 Å². The van der Waals surface area contributed by atoms with Gasteiger partial charge in [-0.15, -0.1) is 0 Å². The van der Waals surface area contributed by atoms with Crippen LogP contribution in [0.4, 0.5) is 14.9 Å². The number of fused-ring (bicyclic) bond motifs is 3. The monoisotopic (exact) mass is 399 g/mol. The van der Waals surface area contributed by atoms with Crippen LogP contribution in [0.2, 0.25) is 0 Å². The van der Waals surface area contributed by atoms with Gasteiger partial charge >= 0.3 is 6.03 Å². The SMILES string of the molecule is CCCCCCN1C(=O)C2C(N=C3N(c4ccccc4F)C(C)=CN32)N(C)C1=O. The van der Waals surface area contributed by atoms with Crippen molar-refractivity contribution in [2.24, 2.45) is 4.99 Å². The number of carbonyl (C=O) groups is 2. The van der Waals surface area contributed by atoms with Gasteiger partial charge in [0.2, 0.25) is 5.96 Å². The van der Waals surface area contributed by atoms with Crippen LogP contribution in [-0.4, -0.2) is 58.4 Å². The molecule has 29 heavy (non-hydrogen) atoms. The van der Waals surface area contributed by atoms with Crippen LogP contribution in [0.3, 0.4) is 0 Å². The zero-order valence-corrected chi connectivity index (χ0v) is 17.0. The molecular weight excluding hydrogens is 373 g/mol. The first kappa shape index (κ1) is 19.4. The van der Waals surface area contributed by atoms with Gasteiger partial charge < -0.3 is 9.80 Å². The van der Waals surface area contributed by atoms with Crippen LogP contribution >= 0.6 is 0 Å². The minimum Gasteiger partial charge on any atom is -0.302 e. The van der Waals surface area contributed by atoms with Gasteiger partial charge in [-0.05, 0) is 25.5 Å². The fourth-order valence-electron chi connectivity index (χ4n) is 4.19. The number of nitrogens with zero attached hydrogens (tertiary/aromatic N) is 5. The molecular formula is C21H26FN5O2. The Hall–Kier alpha value is -2.90. The van der Waals surface area contributed by atoms with Crippen molar-refractivity contribution in [2.45, 2.75) is 51.7 Å². The van der Waals surface area contributed by atoms with Crippen LogP contribution in [0.5, 0.6) is 0 Å². The van der Waals surface area contributed by atoms with E-state index >= 15 is 0 Å². The van der Waals surface area contributed by atoms with Gasteiger partial charge in [-0.2, -0.15) is 0 Å². The van der Waals surface area contributed by atoms with E-state index in [4.69, 9.17) is 0 Å². The first-order valence-electron chi connectivity index (χ1n) is 10.1. The van der Waals surface area contributed by atoms with E-state index in [-0.39, 0.29) is 17.8 Å². The summed E-state index contributed by atoms with van der Waals surface area (Å²) in [6, 6.07) is 5.52. The number of allylic oxidation sites excluding steroid dienone is 1. The Morgan fingerprint density at radius 2 is 1.90 bits per heavy atom. The number of hydrogen-bond donors (Lipinski definition) is 0. The number of benzene rings is 1. The summed E-state index contributed by atoms with van der Waals surface area (Å²) in [7, 11) is 1.67. The van der Waals surface area contributed by atoms with Crippen molar-refractivity contribution < 1.29 is 14.0 Å². The molecule has 0 spiro atoms. The largest absolute Gasteiger partial charge is 0.328 e. The van der Waals surface area contributed by atoms with Crippen LogP contribution in [0.25, 0.3) is 0 Å². The molecule has 8 heteroatoms. The van der Waals surface area contributed by atoms with Gasteiger partial charge in [0, 0.05) is 25.5 Å². The quantitative estimate of drug-likeness (QED) is 0.689. The summed E-state index contributed by atoms with van der Waals surface area (Å²) in [5.41, 5.74) is 1.15. The van der Waals surface area contributed by atoms with E-state index in [1.807, 2.05) is 13.1 Å². The average molecular weight is 399 g/mol. The van der Waals surface area contributed by atoms with Gasteiger partial charge in [-0.1, -0.05) is 38.3 Å². The Morgan fingerprint density at radius 3 is 2.62 bits per heavy atom. The van der Waals surface area contributed by atoms with E-state index in [0.29, 0.717) is 18.2 Å². The number of halogens is 1. The fraction of sp³-hybridized carbons (Fsp3) is 0.476. The van der Waals surface area contributed by atoms with Crippen LogP contribution in [0, 0.1) is 5.82 Å². The maximum atomic E-state index is 14.4. The standard InChI is InChI=1S/C21H26FN5O2/c1-4-5-6-9-12-25-19(28)17-18(24(3)21(25)29)23-20-26(17)13-14(2)27(20)16-11-8-7-10-15(16)22/h7-8,10-11,13,17-18H,4-6,9,12H2,1-3H3. The topological polar surface area (TPSA) is 59.5 Å². The summed E-state index contributed by atoms with van der Waals surface area (Å²) in [4.78, 5) is 37.0. The smallest absolute Gasteiger partial charge is 0.302 e. The Bertz CT molecular complexity index is 899. The molecule has 0 N–H and O–H groups in total. The number of imide groups is 1. The summed E-state index contributed by atoms with van der Waals surface area (Å²) >= 11 is 0. The number of unbranched alkanes of at least 4 members (excludes halogenated alkanes) is 3. The number of hydrogen-bond acceptors (Lipinski definition) is 5. The molecule has 1 saturated heterocycles. The molecule has 0 bridgehead atoms. The van der Waals surface area contributed by atoms with Gasteiger partial charge in [0.25, 0.3) is 5.91 Å². The molecule has 2 unspecified atom stereocenters. The van der Waals surface area contributed by atoms with Gasteiger partial charge in [0.1, 0.15) is 5.82 Å². The maximum Gasteiger partial charge on any atom is 0.328 e. The molecule has 1 aromatic carbocycles. The molecule has 0 saturated carbocycles.